The molecule has 6 rings (SSSR count). The zero-order valence-corrected chi connectivity index (χ0v) is 16.1. The fourth-order valence-corrected chi connectivity index (χ4v) is 3.99. The van der Waals surface area contributed by atoms with Crippen LogP contribution in [0.2, 0.25) is 0 Å². The number of aromatic hydroxyl groups is 1. The number of phenolic OH excluding ortho intramolecular Hbond substituents is 1. The van der Waals surface area contributed by atoms with Gasteiger partial charge in [0.25, 0.3) is 5.56 Å². The maximum absolute atomic E-state index is 13.1. The van der Waals surface area contributed by atoms with E-state index in [0.29, 0.717) is 49.9 Å². The van der Waals surface area contributed by atoms with E-state index in [9.17, 15) is 14.7 Å². The van der Waals surface area contributed by atoms with Gasteiger partial charge in [-0.15, -0.1) is 0 Å². The van der Waals surface area contributed by atoms with Gasteiger partial charge in [0.1, 0.15) is 11.3 Å². The van der Waals surface area contributed by atoms with Gasteiger partial charge in [0, 0.05) is 28.0 Å². The lowest BCUT2D eigenvalue weighted by molar-refractivity contribution is 0.415. The summed E-state index contributed by atoms with van der Waals surface area (Å²) in [6, 6.07) is 9.93. The number of benzene rings is 2. The van der Waals surface area contributed by atoms with E-state index in [4.69, 9.17) is 9.15 Å². The molecule has 0 amide bonds. The Morgan fingerprint density at radius 1 is 1.06 bits per heavy atom. The van der Waals surface area contributed by atoms with Crippen LogP contribution in [-0.4, -0.2) is 32.4 Å². The van der Waals surface area contributed by atoms with Crippen LogP contribution in [0.1, 0.15) is 0 Å². The second kappa shape index (κ2) is 5.99. The van der Waals surface area contributed by atoms with Crippen LogP contribution in [0, 0.1) is 0 Å². The minimum Gasteiger partial charge on any atom is -0.502 e. The summed E-state index contributed by atoms with van der Waals surface area (Å²) >= 11 is 0. The smallest absolute Gasteiger partial charge is 0.256 e. The minimum atomic E-state index is -0.553. The first-order valence-electron chi connectivity index (χ1n) is 9.40. The zero-order valence-electron chi connectivity index (χ0n) is 16.1. The first-order valence-corrected chi connectivity index (χ1v) is 9.40. The number of hydrogen-bond acceptors (Lipinski definition) is 6. The number of hydrogen-bond donors (Lipinski definition) is 4. The third kappa shape index (κ3) is 2.34. The molecular formula is C22H14N4O5. The maximum atomic E-state index is 13.1. The summed E-state index contributed by atoms with van der Waals surface area (Å²) in [4.78, 5) is 32.4. The number of methoxy groups -OCH3 is 1. The van der Waals surface area contributed by atoms with Crippen molar-refractivity contribution in [1.29, 1.82) is 0 Å². The van der Waals surface area contributed by atoms with Crippen LogP contribution in [0.15, 0.2) is 56.6 Å². The molecular weight excluding hydrogens is 400 g/mol. The Balaban J connectivity index is 1.80. The third-order valence-corrected chi connectivity index (χ3v) is 5.47. The molecule has 0 bridgehead atoms. The number of furan rings is 1. The highest BCUT2D eigenvalue weighted by molar-refractivity contribution is 6.15. The molecule has 2 aromatic carbocycles. The average molecular weight is 414 g/mol. The van der Waals surface area contributed by atoms with Crippen molar-refractivity contribution in [1.82, 2.24) is 20.2 Å². The Morgan fingerprint density at radius 2 is 1.94 bits per heavy atom. The minimum absolute atomic E-state index is 0.0340. The van der Waals surface area contributed by atoms with E-state index in [-0.39, 0.29) is 11.1 Å². The fraction of sp³-hybridized carbons (Fsp3) is 0.0455. The predicted molar refractivity (Wildman–Crippen MR) is 116 cm³/mol. The van der Waals surface area contributed by atoms with Gasteiger partial charge in [-0.3, -0.25) is 14.7 Å². The van der Waals surface area contributed by atoms with E-state index < -0.39 is 11.2 Å². The van der Waals surface area contributed by atoms with Crippen molar-refractivity contribution >= 4 is 44.0 Å². The summed E-state index contributed by atoms with van der Waals surface area (Å²) in [5.74, 6) is 0.163. The number of nitrogens with zero attached hydrogens (tertiary/aromatic N) is 1. The number of nitrogens with one attached hydrogen (secondary N) is 3. The van der Waals surface area contributed by atoms with Crippen LogP contribution < -0.4 is 15.7 Å². The molecule has 0 atom stereocenters. The maximum Gasteiger partial charge on any atom is 0.256 e. The molecule has 9 heteroatoms. The predicted octanol–water partition coefficient (Wildman–Crippen LogP) is 3.37. The number of aromatic nitrogens is 4. The Morgan fingerprint density at radius 3 is 2.77 bits per heavy atom. The van der Waals surface area contributed by atoms with Gasteiger partial charge in [-0.05, 0) is 36.4 Å². The number of H-pyrrole nitrogens is 3. The molecule has 0 spiro atoms. The first-order chi connectivity index (χ1) is 15.0. The lowest BCUT2D eigenvalue weighted by Gasteiger charge is -2.07. The average Bonchev–Trinajstić information content (AvgIpc) is 3.39. The van der Waals surface area contributed by atoms with Gasteiger partial charge in [-0.2, -0.15) is 0 Å². The lowest BCUT2D eigenvalue weighted by Crippen LogP contribution is -2.09. The SMILES string of the molecule is COc1ccc2[nH]c(=O)c(-c3c4c[nH][nH]c4nc4c3oc3c(O)c(=O)ccc34)cc2c1. The highest BCUT2D eigenvalue weighted by Gasteiger charge is 2.22. The lowest BCUT2D eigenvalue weighted by atomic mass is 10.0. The van der Waals surface area contributed by atoms with Gasteiger partial charge < -0.3 is 24.3 Å². The van der Waals surface area contributed by atoms with E-state index >= 15 is 0 Å². The summed E-state index contributed by atoms with van der Waals surface area (Å²) in [6.07, 6.45) is 1.68. The van der Waals surface area contributed by atoms with Gasteiger partial charge >= 0.3 is 0 Å². The first kappa shape index (κ1) is 17.3. The monoisotopic (exact) mass is 414 g/mol. The van der Waals surface area contributed by atoms with E-state index in [2.05, 4.69) is 20.2 Å². The van der Waals surface area contributed by atoms with Crippen molar-refractivity contribution in [2.24, 2.45) is 0 Å². The molecule has 0 aliphatic heterocycles. The van der Waals surface area contributed by atoms with Gasteiger partial charge in [0.05, 0.1) is 18.1 Å². The molecule has 0 fully saturated rings. The number of pyridine rings is 2. The highest BCUT2D eigenvalue weighted by atomic mass is 16.5. The molecule has 4 N–H and O–H groups in total. The summed E-state index contributed by atoms with van der Waals surface area (Å²) in [7, 11) is 1.57. The Hall–Kier alpha value is -4.53. The van der Waals surface area contributed by atoms with Gasteiger partial charge in [-0.25, -0.2) is 4.98 Å². The largest absolute Gasteiger partial charge is 0.502 e. The van der Waals surface area contributed by atoms with Crippen molar-refractivity contribution in [3.05, 3.63) is 63.2 Å². The molecule has 9 nitrogen and oxygen atoms in total. The second-order valence-electron chi connectivity index (χ2n) is 7.20. The molecule has 4 heterocycles. The number of phenols is 1. The molecule has 0 aliphatic carbocycles. The van der Waals surface area contributed by atoms with Crippen molar-refractivity contribution in [3.63, 3.8) is 0 Å². The van der Waals surface area contributed by atoms with Crippen LogP contribution in [0.4, 0.5) is 0 Å². The standard InChI is InChI=1S/C22H14N4O5/c1-30-10-2-4-14-9(6-10)7-12(22(29)24-14)16-13-8-23-26-21(13)25-17-11-3-5-15(27)18(28)19(11)31-20(16)17/h2-8,28H,1H3,(H,24,29)(H2,23,25,26). The third-order valence-electron chi connectivity index (χ3n) is 5.47. The van der Waals surface area contributed by atoms with Crippen molar-refractivity contribution in [2.45, 2.75) is 0 Å². The summed E-state index contributed by atoms with van der Waals surface area (Å²) in [5, 5.41) is 17.9. The van der Waals surface area contributed by atoms with E-state index in [1.807, 2.05) is 6.07 Å². The van der Waals surface area contributed by atoms with Gasteiger partial charge in [0.2, 0.25) is 11.2 Å². The van der Waals surface area contributed by atoms with E-state index in [1.54, 1.807) is 37.6 Å². The van der Waals surface area contributed by atoms with Crippen LogP contribution in [0.3, 0.4) is 0 Å². The zero-order chi connectivity index (χ0) is 21.3. The Bertz CT molecular complexity index is 1790. The number of ether oxygens (including phenoxy) is 1. The second-order valence-corrected chi connectivity index (χ2v) is 7.20. The molecule has 6 aromatic rings. The van der Waals surface area contributed by atoms with Crippen molar-refractivity contribution < 1.29 is 14.3 Å². The topological polar surface area (TPSA) is 137 Å². The highest BCUT2D eigenvalue weighted by Crippen LogP contribution is 2.39. The summed E-state index contributed by atoms with van der Waals surface area (Å²) in [6.45, 7) is 0. The number of rotatable bonds is 2. The fourth-order valence-electron chi connectivity index (χ4n) is 3.99. The molecule has 0 unspecified atom stereocenters. The Kier molecular flexibility index (Phi) is 3.35. The Labute approximate surface area is 171 Å². The molecule has 0 saturated heterocycles. The molecule has 4 aromatic heterocycles. The summed E-state index contributed by atoms with van der Waals surface area (Å²) in [5.41, 5.74) is 1.89. The van der Waals surface area contributed by atoms with Crippen LogP contribution >= 0.6 is 0 Å². The van der Waals surface area contributed by atoms with E-state index in [0.717, 1.165) is 5.39 Å². The van der Waals surface area contributed by atoms with Gasteiger partial charge in [0.15, 0.2) is 16.8 Å². The van der Waals surface area contributed by atoms with Crippen LogP contribution in [0.5, 0.6) is 11.5 Å². The molecule has 31 heavy (non-hydrogen) atoms. The summed E-state index contributed by atoms with van der Waals surface area (Å²) < 4.78 is 11.2. The van der Waals surface area contributed by atoms with Crippen molar-refractivity contribution in [2.75, 3.05) is 7.11 Å². The molecule has 0 radical (unpaired) electrons. The number of fused-ring (bicyclic) bond motifs is 5. The van der Waals surface area contributed by atoms with Crippen LogP contribution in [-0.2, 0) is 0 Å². The normalized spacial score (nSPS) is 11.8. The molecule has 152 valence electrons. The molecule has 0 aliphatic rings. The van der Waals surface area contributed by atoms with Gasteiger partial charge in [-0.1, -0.05) is 0 Å². The van der Waals surface area contributed by atoms with Crippen LogP contribution in [0.25, 0.3) is 55.1 Å². The molecule has 0 saturated carbocycles. The number of aromatic amines is 3. The quantitative estimate of drug-likeness (QED) is 0.343. The van der Waals surface area contributed by atoms with E-state index in [1.165, 1.54) is 6.07 Å². The van der Waals surface area contributed by atoms with Crippen molar-refractivity contribution in [3.8, 4) is 22.6 Å².